The Hall–Kier alpha value is -3.23. The van der Waals surface area contributed by atoms with Crippen molar-refractivity contribution in [3.05, 3.63) is 82.3 Å². The van der Waals surface area contributed by atoms with Crippen LogP contribution in [0.1, 0.15) is 21.5 Å². The number of amides is 2. The van der Waals surface area contributed by atoms with Crippen LogP contribution in [-0.2, 0) is 22.7 Å². The summed E-state index contributed by atoms with van der Waals surface area (Å²) in [4.78, 5) is 33.6. The maximum atomic E-state index is 13.1. The molecular weight excluding hydrogens is 426 g/mol. The molecule has 166 valence electrons. The van der Waals surface area contributed by atoms with Crippen molar-refractivity contribution >= 4 is 23.2 Å². The summed E-state index contributed by atoms with van der Waals surface area (Å²) in [7, 11) is 1.62. The van der Waals surface area contributed by atoms with Gasteiger partial charge in [-0.15, -0.1) is 0 Å². The molecule has 1 aromatic carbocycles. The summed E-state index contributed by atoms with van der Waals surface area (Å²) < 4.78 is 11.4. The minimum atomic E-state index is -0.317. The summed E-state index contributed by atoms with van der Waals surface area (Å²) in [5, 5.41) is 3.66. The number of aromatic nitrogens is 1. The summed E-state index contributed by atoms with van der Waals surface area (Å²) in [6.07, 6.45) is 3.15. The minimum Gasteiger partial charge on any atom is -0.497 e. The van der Waals surface area contributed by atoms with E-state index in [4.69, 9.17) is 9.47 Å². The molecule has 0 unspecified atom stereocenters. The molecule has 0 radical (unpaired) electrons. The first kappa shape index (κ1) is 22.0. The highest BCUT2D eigenvalue weighted by molar-refractivity contribution is 7.08. The van der Waals surface area contributed by atoms with E-state index in [1.165, 1.54) is 11.3 Å². The molecule has 1 saturated heterocycles. The Morgan fingerprint density at radius 3 is 2.69 bits per heavy atom. The third-order valence-electron chi connectivity index (χ3n) is 5.32. The molecule has 3 aromatic rings. The Kier molecular flexibility index (Phi) is 7.14. The number of nitrogens with zero attached hydrogens (tertiary/aromatic N) is 3. The van der Waals surface area contributed by atoms with Crippen LogP contribution in [-0.4, -0.2) is 59.4 Å². The van der Waals surface area contributed by atoms with Crippen molar-refractivity contribution in [1.82, 2.24) is 14.8 Å². The van der Waals surface area contributed by atoms with Crippen LogP contribution >= 0.6 is 11.3 Å². The van der Waals surface area contributed by atoms with Gasteiger partial charge in [0.25, 0.3) is 5.91 Å². The highest BCUT2D eigenvalue weighted by Gasteiger charge is 2.31. The van der Waals surface area contributed by atoms with Crippen molar-refractivity contribution in [3.8, 4) is 5.75 Å². The van der Waals surface area contributed by atoms with Gasteiger partial charge >= 0.3 is 0 Å². The van der Waals surface area contributed by atoms with Crippen molar-refractivity contribution < 1.29 is 19.1 Å². The van der Waals surface area contributed by atoms with E-state index in [1.807, 2.05) is 41.8 Å². The third-order valence-corrected chi connectivity index (χ3v) is 6.01. The van der Waals surface area contributed by atoms with Gasteiger partial charge in [-0.1, -0.05) is 18.2 Å². The Morgan fingerprint density at radius 1 is 1.16 bits per heavy atom. The number of methoxy groups -OCH3 is 1. The van der Waals surface area contributed by atoms with Crippen LogP contribution in [0.15, 0.2) is 65.6 Å². The lowest BCUT2D eigenvalue weighted by atomic mass is 10.2. The molecule has 1 aliphatic rings. The quantitative estimate of drug-likeness (QED) is 0.552. The van der Waals surface area contributed by atoms with Crippen LogP contribution in [0, 0.1) is 0 Å². The van der Waals surface area contributed by atoms with Gasteiger partial charge in [0.15, 0.2) is 0 Å². The second-order valence-corrected chi connectivity index (χ2v) is 8.39. The van der Waals surface area contributed by atoms with E-state index in [0.29, 0.717) is 31.8 Å². The number of carbonyl (C=O) groups excluding carboxylic acids is 2. The monoisotopic (exact) mass is 451 g/mol. The van der Waals surface area contributed by atoms with Crippen molar-refractivity contribution in [2.24, 2.45) is 0 Å². The Labute approximate surface area is 191 Å². The van der Waals surface area contributed by atoms with Crippen LogP contribution < -0.4 is 4.74 Å². The Bertz CT molecular complexity index is 1030. The van der Waals surface area contributed by atoms with Gasteiger partial charge in [0, 0.05) is 37.4 Å². The van der Waals surface area contributed by atoms with E-state index < -0.39 is 0 Å². The predicted molar refractivity (Wildman–Crippen MR) is 121 cm³/mol. The van der Waals surface area contributed by atoms with Gasteiger partial charge in [0.1, 0.15) is 12.3 Å². The average molecular weight is 452 g/mol. The molecule has 0 bridgehead atoms. The van der Waals surface area contributed by atoms with Gasteiger partial charge in [-0.25, -0.2) is 0 Å². The Morgan fingerprint density at radius 2 is 2.00 bits per heavy atom. The van der Waals surface area contributed by atoms with E-state index in [1.54, 1.807) is 40.7 Å². The molecule has 8 heteroatoms. The van der Waals surface area contributed by atoms with Gasteiger partial charge in [0.05, 0.1) is 25.4 Å². The van der Waals surface area contributed by atoms with Crippen molar-refractivity contribution in [2.45, 2.75) is 19.3 Å². The van der Waals surface area contributed by atoms with Crippen molar-refractivity contribution in [2.75, 3.05) is 26.7 Å². The SMILES string of the molecule is COc1ccc(CN2C[C@H](OCc3cccnc3)CN(C(=O)c3ccsc3)CC2=O)cc1. The standard InChI is InChI=1S/C24H25N3O4S/c1-30-21-6-4-18(5-7-21)12-26-13-22(31-16-19-3-2-9-25-11-19)14-27(15-23(26)28)24(29)20-8-10-32-17-20/h2-11,17,22H,12-16H2,1H3/t22-/m0/s1. The lowest BCUT2D eigenvalue weighted by molar-refractivity contribution is -0.132. The van der Waals surface area contributed by atoms with Crippen LogP contribution in [0.5, 0.6) is 5.75 Å². The molecule has 32 heavy (non-hydrogen) atoms. The molecule has 0 aliphatic carbocycles. The number of ether oxygens (including phenoxy) is 2. The Balaban J connectivity index is 1.51. The largest absolute Gasteiger partial charge is 0.497 e. The van der Waals surface area contributed by atoms with Crippen LogP contribution in [0.4, 0.5) is 0 Å². The molecule has 0 saturated carbocycles. The first-order valence-electron chi connectivity index (χ1n) is 10.3. The van der Waals surface area contributed by atoms with Crippen molar-refractivity contribution in [1.29, 1.82) is 0 Å². The van der Waals surface area contributed by atoms with Crippen molar-refractivity contribution in [3.63, 3.8) is 0 Å². The molecule has 4 rings (SSSR count). The van der Waals surface area contributed by atoms with Crippen LogP contribution in [0.25, 0.3) is 0 Å². The van der Waals surface area contributed by atoms with Gasteiger partial charge < -0.3 is 19.3 Å². The number of carbonyl (C=O) groups is 2. The zero-order valence-electron chi connectivity index (χ0n) is 17.8. The zero-order chi connectivity index (χ0) is 22.3. The molecular formula is C24H25N3O4S. The lowest BCUT2D eigenvalue weighted by Gasteiger charge is -2.25. The molecule has 3 heterocycles. The molecule has 2 aromatic heterocycles. The van der Waals surface area contributed by atoms with Crippen LogP contribution in [0.2, 0.25) is 0 Å². The fraction of sp³-hybridized carbons (Fsp3) is 0.292. The van der Waals surface area contributed by atoms with Gasteiger partial charge in [-0.2, -0.15) is 11.3 Å². The zero-order valence-corrected chi connectivity index (χ0v) is 18.7. The summed E-state index contributed by atoms with van der Waals surface area (Å²) >= 11 is 1.46. The van der Waals surface area contributed by atoms with E-state index in [2.05, 4.69) is 4.98 Å². The topological polar surface area (TPSA) is 72.0 Å². The molecule has 1 atom stereocenters. The van der Waals surface area contributed by atoms with Gasteiger partial charge in [-0.3, -0.25) is 14.6 Å². The highest BCUT2D eigenvalue weighted by Crippen LogP contribution is 2.18. The number of thiophene rings is 1. The summed E-state index contributed by atoms with van der Waals surface area (Å²) in [5.74, 6) is 0.513. The number of hydrogen-bond donors (Lipinski definition) is 0. The summed E-state index contributed by atoms with van der Waals surface area (Å²) in [6, 6.07) is 13.2. The third kappa shape index (κ3) is 5.52. The average Bonchev–Trinajstić information content (AvgIpc) is 3.32. The second-order valence-electron chi connectivity index (χ2n) is 7.61. The highest BCUT2D eigenvalue weighted by atomic mass is 32.1. The summed E-state index contributed by atoms with van der Waals surface area (Å²) in [5.41, 5.74) is 2.53. The molecule has 1 fully saturated rings. The van der Waals surface area contributed by atoms with E-state index in [0.717, 1.165) is 16.9 Å². The van der Waals surface area contributed by atoms with E-state index in [-0.39, 0.29) is 24.5 Å². The van der Waals surface area contributed by atoms with Gasteiger partial charge in [0.2, 0.25) is 5.91 Å². The minimum absolute atomic E-state index is 0.0254. The maximum absolute atomic E-state index is 13.1. The van der Waals surface area contributed by atoms with Gasteiger partial charge in [-0.05, 0) is 40.8 Å². The number of pyridine rings is 1. The molecule has 2 amide bonds. The molecule has 1 aliphatic heterocycles. The van der Waals surface area contributed by atoms with Crippen LogP contribution in [0.3, 0.4) is 0 Å². The number of rotatable bonds is 7. The second kappa shape index (κ2) is 10.4. The molecule has 0 spiro atoms. The lowest BCUT2D eigenvalue weighted by Crippen LogP contribution is -2.39. The normalized spacial score (nSPS) is 16.7. The van der Waals surface area contributed by atoms with E-state index >= 15 is 0 Å². The maximum Gasteiger partial charge on any atom is 0.255 e. The first-order chi connectivity index (χ1) is 15.6. The first-order valence-corrected chi connectivity index (χ1v) is 11.3. The smallest absolute Gasteiger partial charge is 0.255 e. The van der Waals surface area contributed by atoms with E-state index in [9.17, 15) is 9.59 Å². The summed E-state index contributed by atoms with van der Waals surface area (Å²) in [6.45, 7) is 1.58. The number of hydrogen-bond acceptors (Lipinski definition) is 6. The molecule has 7 nitrogen and oxygen atoms in total. The molecule has 0 N–H and O–H groups in total. The fourth-order valence-electron chi connectivity index (χ4n) is 3.61. The fourth-order valence-corrected chi connectivity index (χ4v) is 4.24. The predicted octanol–water partition coefficient (Wildman–Crippen LogP) is 3.22. The number of benzene rings is 1.